The van der Waals surface area contributed by atoms with Gasteiger partial charge < -0.3 is 20.3 Å². The maximum atomic E-state index is 12.5. The van der Waals surface area contributed by atoms with Gasteiger partial charge in [-0.3, -0.25) is 9.59 Å². The topological polar surface area (TPSA) is 95.9 Å². The highest BCUT2D eigenvalue weighted by Crippen LogP contribution is 2.19. The average Bonchev–Trinajstić information content (AvgIpc) is 3.39. The van der Waals surface area contributed by atoms with E-state index < -0.39 is 12.1 Å². The molecule has 0 fully saturated rings. The zero-order valence-corrected chi connectivity index (χ0v) is 49.9. The van der Waals surface area contributed by atoms with Gasteiger partial charge in [-0.2, -0.15) is 0 Å². The largest absolute Gasteiger partial charge is 0.466 e. The summed E-state index contributed by atoms with van der Waals surface area (Å²) in [6, 6.07) is -0.537. The molecule has 0 saturated heterocycles. The van der Waals surface area contributed by atoms with E-state index in [1.54, 1.807) is 0 Å². The molecule has 0 saturated carbocycles. The second-order valence-electron chi connectivity index (χ2n) is 23.5. The van der Waals surface area contributed by atoms with Crippen molar-refractivity contribution >= 4 is 11.9 Å². The van der Waals surface area contributed by atoms with E-state index >= 15 is 0 Å². The van der Waals surface area contributed by atoms with Crippen LogP contribution in [0.25, 0.3) is 0 Å². The molecular formula is C67H133NO5. The van der Waals surface area contributed by atoms with Crippen molar-refractivity contribution in [1.82, 2.24) is 5.32 Å². The van der Waals surface area contributed by atoms with Crippen LogP contribution >= 0.6 is 0 Å². The van der Waals surface area contributed by atoms with Crippen LogP contribution < -0.4 is 5.32 Å². The van der Waals surface area contributed by atoms with Crippen LogP contribution in [-0.2, 0) is 14.3 Å². The van der Waals surface area contributed by atoms with Crippen LogP contribution in [0, 0.1) is 0 Å². The van der Waals surface area contributed by atoms with Gasteiger partial charge in [0.2, 0.25) is 5.91 Å². The molecule has 0 aromatic rings. The number of esters is 1. The molecule has 2 unspecified atom stereocenters. The smallest absolute Gasteiger partial charge is 0.305 e. The summed E-state index contributed by atoms with van der Waals surface area (Å²) in [5.74, 6) is -0.00639. The van der Waals surface area contributed by atoms with Gasteiger partial charge in [0, 0.05) is 12.8 Å². The van der Waals surface area contributed by atoms with Crippen LogP contribution in [0.2, 0.25) is 0 Å². The van der Waals surface area contributed by atoms with Gasteiger partial charge in [-0.15, -0.1) is 0 Å². The first-order valence-electron chi connectivity index (χ1n) is 33.8. The van der Waals surface area contributed by atoms with E-state index in [-0.39, 0.29) is 18.5 Å². The molecule has 1 amide bonds. The van der Waals surface area contributed by atoms with Crippen molar-refractivity contribution < 1.29 is 24.5 Å². The maximum Gasteiger partial charge on any atom is 0.305 e. The number of aliphatic hydroxyl groups is 2. The van der Waals surface area contributed by atoms with Crippen LogP contribution in [0.4, 0.5) is 0 Å². The number of unbranched alkanes of at least 4 members (excludes halogenated alkanes) is 53. The third-order valence-electron chi connectivity index (χ3n) is 16.2. The fourth-order valence-electron chi connectivity index (χ4n) is 11.0. The van der Waals surface area contributed by atoms with Crippen LogP contribution in [-0.4, -0.2) is 47.4 Å². The summed E-state index contributed by atoms with van der Waals surface area (Å²) in [6.45, 7) is 4.99. The normalized spacial score (nSPS) is 12.4. The van der Waals surface area contributed by atoms with Crippen LogP contribution in [0.1, 0.15) is 393 Å². The highest BCUT2D eigenvalue weighted by molar-refractivity contribution is 5.76. The monoisotopic (exact) mass is 1030 g/mol. The molecule has 0 bridgehead atoms. The molecule has 6 nitrogen and oxygen atoms in total. The van der Waals surface area contributed by atoms with Crippen LogP contribution in [0.15, 0.2) is 0 Å². The lowest BCUT2D eigenvalue weighted by molar-refractivity contribution is -0.143. The van der Waals surface area contributed by atoms with Gasteiger partial charge in [0.25, 0.3) is 0 Å². The molecule has 0 radical (unpaired) electrons. The molecule has 73 heavy (non-hydrogen) atoms. The molecule has 0 aromatic heterocycles. The van der Waals surface area contributed by atoms with Gasteiger partial charge in [0.15, 0.2) is 0 Å². The molecule has 0 aliphatic carbocycles. The summed E-state index contributed by atoms with van der Waals surface area (Å²) < 4.78 is 5.50. The summed E-state index contributed by atoms with van der Waals surface area (Å²) in [5.41, 5.74) is 0. The number of carbonyl (C=O) groups is 2. The lowest BCUT2D eigenvalue weighted by Crippen LogP contribution is -2.45. The van der Waals surface area contributed by atoms with Crippen molar-refractivity contribution in [2.24, 2.45) is 0 Å². The zero-order valence-electron chi connectivity index (χ0n) is 49.9. The van der Waals surface area contributed by atoms with Gasteiger partial charge >= 0.3 is 5.97 Å². The lowest BCUT2D eigenvalue weighted by atomic mass is 10.0. The summed E-state index contributed by atoms with van der Waals surface area (Å²) in [6.07, 6.45) is 75.8. The first-order valence-corrected chi connectivity index (χ1v) is 33.8. The number of ether oxygens (including phenoxy) is 1. The number of carbonyl (C=O) groups excluding carboxylic acids is 2. The van der Waals surface area contributed by atoms with Crippen molar-refractivity contribution in [2.75, 3.05) is 13.2 Å². The number of rotatable bonds is 64. The molecule has 0 aromatic carbocycles. The Morgan fingerprint density at radius 2 is 0.562 bits per heavy atom. The Morgan fingerprint density at radius 1 is 0.329 bits per heavy atom. The highest BCUT2D eigenvalue weighted by Gasteiger charge is 2.20. The number of hydrogen-bond acceptors (Lipinski definition) is 5. The van der Waals surface area contributed by atoms with Gasteiger partial charge in [-0.1, -0.05) is 354 Å². The van der Waals surface area contributed by atoms with Gasteiger partial charge in [0.05, 0.1) is 25.4 Å². The minimum absolute atomic E-state index is 0.0233. The predicted octanol–water partition coefficient (Wildman–Crippen LogP) is 21.4. The van der Waals surface area contributed by atoms with Crippen molar-refractivity contribution in [3.63, 3.8) is 0 Å². The molecule has 0 aliphatic heterocycles. The zero-order chi connectivity index (χ0) is 52.9. The number of nitrogens with one attached hydrogen (secondary N) is 1. The molecule has 6 heteroatoms. The first kappa shape index (κ1) is 71.9. The van der Waals surface area contributed by atoms with E-state index in [9.17, 15) is 19.8 Å². The van der Waals surface area contributed by atoms with Crippen molar-refractivity contribution in [3.8, 4) is 0 Å². The Bertz CT molecular complexity index is 1050. The maximum absolute atomic E-state index is 12.5. The molecule has 2 atom stereocenters. The number of amides is 1. The third kappa shape index (κ3) is 60.0. The Kier molecular flexibility index (Phi) is 62.4. The van der Waals surface area contributed by atoms with E-state index in [0.29, 0.717) is 25.9 Å². The van der Waals surface area contributed by atoms with E-state index in [1.807, 2.05) is 0 Å². The van der Waals surface area contributed by atoms with Gasteiger partial charge in [-0.05, 0) is 25.7 Å². The molecule has 0 rings (SSSR count). The Balaban J connectivity index is 3.30. The number of hydrogen-bond donors (Lipinski definition) is 3. The fraction of sp³-hybridized carbons (Fsp3) is 0.970. The van der Waals surface area contributed by atoms with Crippen molar-refractivity contribution in [3.05, 3.63) is 0 Å². The fourth-order valence-corrected chi connectivity index (χ4v) is 11.0. The van der Waals surface area contributed by atoms with Crippen molar-refractivity contribution in [1.29, 1.82) is 0 Å². The Labute approximate surface area is 457 Å². The van der Waals surface area contributed by atoms with E-state index in [2.05, 4.69) is 19.2 Å². The Morgan fingerprint density at radius 3 is 0.836 bits per heavy atom. The minimum Gasteiger partial charge on any atom is -0.466 e. The lowest BCUT2D eigenvalue weighted by Gasteiger charge is -2.22. The van der Waals surface area contributed by atoms with Crippen LogP contribution in [0.3, 0.4) is 0 Å². The number of aliphatic hydroxyl groups excluding tert-OH is 2. The van der Waals surface area contributed by atoms with E-state index in [1.165, 1.54) is 321 Å². The van der Waals surface area contributed by atoms with Gasteiger partial charge in [0.1, 0.15) is 0 Å². The molecule has 3 N–H and O–H groups in total. The second kappa shape index (κ2) is 63.4. The molecule has 0 spiro atoms. The second-order valence-corrected chi connectivity index (χ2v) is 23.5. The highest BCUT2D eigenvalue weighted by atomic mass is 16.5. The van der Waals surface area contributed by atoms with Gasteiger partial charge in [-0.25, -0.2) is 0 Å². The van der Waals surface area contributed by atoms with E-state index in [0.717, 1.165) is 38.5 Å². The Hall–Kier alpha value is -1.14. The third-order valence-corrected chi connectivity index (χ3v) is 16.2. The molecule has 436 valence electrons. The molecule has 0 aliphatic rings. The summed E-state index contributed by atoms with van der Waals surface area (Å²) in [5, 5.41) is 23.2. The summed E-state index contributed by atoms with van der Waals surface area (Å²) >= 11 is 0. The molecule has 0 heterocycles. The summed E-state index contributed by atoms with van der Waals surface area (Å²) in [7, 11) is 0. The van der Waals surface area contributed by atoms with Crippen LogP contribution in [0.5, 0.6) is 0 Å². The SMILES string of the molecule is CCCCCCCCCCCCCCCCCCC(=O)OCCCCCCCCCCCCCCCCCCCCCCCCCCCCCCC(=O)NC(CO)C(O)CCCCCCCCCCCCCC. The minimum atomic E-state index is -0.660. The van der Waals surface area contributed by atoms with Crippen molar-refractivity contribution in [2.45, 2.75) is 405 Å². The average molecular weight is 1030 g/mol. The standard InChI is InChI=1S/C67H133NO5/c1-3-5-7-9-11-13-15-17-18-34-37-41-45-49-53-57-61-67(72)73-62-58-54-50-46-42-38-35-32-30-28-26-24-22-20-19-21-23-25-27-29-31-33-36-40-44-48-52-56-60-66(71)68-64(63-69)65(70)59-55-51-47-43-39-16-14-12-10-8-6-4-2/h64-65,69-70H,3-63H2,1-2H3,(H,68,71). The summed E-state index contributed by atoms with van der Waals surface area (Å²) in [4.78, 5) is 24.6. The molecular weight excluding hydrogens is 899 g/mol. The van der Waals surface area contributed by atoms with E-state index in [4.69, 9.17) is 4.74 Å². The predicted molar refractivity (Wildman–Crippen MR) is 320 cm³/mol. The first-order chi connectivity index (χ1) is 36.0. The quantitative estimate of drug-likeness (QED) is 0.0417.